The number of ether oxygens (including phenoxy) is 1. The minimum atomic E-state index is -0.886. The topological polar surface area (TPSA) is 94.3 Å². The van der Waals surface area contributed by atoms with Gasteiger partial charge >= 0.3 is 0 Å². The number of nitrogens with one attached hydrogen (secondary N) is 1. The first-order valence-corrected chi connectivity index (χ1v) is 13.1. The number of hydrogen-bond donors (Lipinski definition) is 1. The SMILES string of the molecule is CC(C)c1ccc(N(C(=O)Cn2nnc3ccccc32)[C@@H](C(=O)NC[C@@H]2CCCO2)c2cccn2C)cc1. The van der Waals surface area contributed by atoms with E-state index in [-0.39, 0.29) is 24.5 Å². The Balaban J connectivity index is 1.53. The zero-order valence-corrected chi connectivity index (χ0v) is 22.1. The van der Waals surface area contributed by atoms with Crippen molar-refractivity contribution in [1.82, 2.24) is 24.9 Å². The summed E-state index contributed by atoms with van der Waals surface area (Å²) in [4.78, 5) is 29.5. The Morgan fingerprint density at radius 1 is 1.11 bits per heavy atom. The Hall–Kier alpha value is -3.98. The van der Waals surface area contributed by atoms with Crippen LogP contribution in [0.1, 0.15) is 49.9 Å². The number of carbonyl (C=O) groups is 2. The van der Waals surface area contributed by atoms with Gasteiger partial charge in [-0.25, -0.2) is 4.68 Å². The van der Waals surface area contributed by atoms with Gasteiger partial charge in [-0.05, 0) is 60.7 Å². The van der Waals surface area contributed by atoms with Crippen LogP contribution in [0.2, 0.25) is 0 Å². The number of carbonyl (C=O) groups excluding carboxylic acids is 2. The molecule has 3 heterocycles. The van der Waals surface area contributed by atoms with Gasteiger partial charge in [-0.3, -0.25) is 14.5 Å². The van der Waals surface area contributed by atoms with E-state index >= 15 is 0 Å². The Morgan fingerprint density at radius 3 is 2.58 bits per heavy atom. The van der Waals surface area contributed by atoms with Crippen LogP contribution in [-0.2, 0) is 27.9 Å². The van der Waals surface area contributed by atoms with Gasteiger partial charge in [-0.1, -0.05) is 43.3 Å². The lowest BCUT2D eigenvalue weighted by Crippen LogP contribution is -2.47. The van der Waals surface area contributed by atoms with Crippen molar-refractivity contribution in [2.45, 2.75) is 51.3 Å². The summed E-state index contributed by atoms with van der Waals surface area (Å²) in [6.07, 6.45) is 3.77. The fourth-order valence-electron chi connectivity index (χ4n) is 4.95. The number of benzene rings is 2. The van der Waals surface area contributed by atoms with Gasteiger partial charge in [0, 0.05) is 32.1 Å². The lowest BCUT2D eigenvalue weighted by molar-refractivity contribution is -0.127. The van der Waals surface area contributed by atoms with E-state index in [1.165, 1.54) is 0 Å². The Kier molecular flexibility index (Phi) is 7.55. The molecule has 0 unspecified atom stereocenters. The zero-order chi connectivity index (χ0) is 26.6. The summed E-state index contributed by atoms with van der Waals surface area (Å²) in [6, 6.07) is 18.2. The predicted molar refractivity (Wildman–Crippen MR) is 146 cm³/mol. The van der Waals surface area contributed by atoms with Gasteiger partial charge < -0.3 is 14.6 Å². The maximum atomic E-state index is 14.1. The molecule has 1 aliphatic rings. The maximum Gasteiger partial charge on any atom is 0.249 e. The third kappa shape index (κ3) is 5.33. The first-order chi connectivity index (χ1) is 18.4. The van der Waals surface area contributed by atoms with Crippen LogP contribution in [0.4, 0.5) is 5.69 Å². The highest BCUT2D eigenvalue weighted by Crippen LogP contribution is 2.30. The number of para-hydroxylation sites is 1. The number of hydrogen-bond acceptors (Lipinski definition) is 5. The molecule has 2 atom stereocenters. The summed E-state index contributed by atoms with van der Waals surface area (Å²) in [7, 11) is 1.88. The molecule has 1 fully saturated rings. The smallest absolute Gasteiger partial charge is 0.249 e. The van der Waals surface area contributed by atoms with E-state index in [9.17, 15) is 9.59 Å². The van der Waals surface area contributed by atoms with Crippen LogP contribution in [0.25, 0.3) is 11.0 Å². The number of nitrogens with zero attached hydrogens (tertiary/aromatic N) is 5. The number of anilines is 1. The molecule has 4 aromatic rings. The largest absolute Gasteiger partial charge is 0.376 e. The second-order valence-electron chi connectivity index (χ2n) is 10.1. The normalized spacial score (nSPS) is 16.2. The predicted octanol–water partition coefficient (Wildman–Crippen LogP) is 3.96. The van der Waals surface area contributed by atoms with Crippen molar-refractivity contribution in [3.8, 4) is 0 Å². The molecule has 1 N–H and O–H groups in total. The number of fused-ring (bicyclic) bond motifs is 1. The van der Waals surface area contributed by atoms with Crippen molar-refractivity contribution >= 4 is 28.5 Å². The number of aromatic nitrogens is 4. The number of rotatable bonds is 9. The van der Waals surface area contributed by atoms with Gasteiger partial charge in [0.15, 0.2) is 6.04 Å². The van der Waals surface area contributed by atoms with Gasteiger partial charge in [0.1, 0.15) is 12.1 Å². The molecule has 2 aromatic carbocycles. The number of amides is 2. The maximum absolute atomic E-state index is 14.1. The van der Waals surface area contributed by atoms with Gasteiger partial charge in [0.05, 0.1) is 17.3 Å². The molecule has 2 amide bonds. The van der Waals surface area contributed by atoms with Gasteiger partial charge in [0.2, 0.25) is 11.8 Å². The molecule has 0 bridgehead atoms. The van der Waals surface area contributed by atoms with Crippen molar-refractivity contribution in [3.05, 3.63) is 78.1 Å². The van der Waals surface area contributed by atoms with Gasteiger partial charge in [-0.2, -0.15) is 0 Å². The van der Waals surface area contributed by atoms with Crippen LogP contribution in [0.5, 0.6) is 0 Å². The van der Waals surface area contributed by atoms with E-state index in [1.54, 1.807) is 9.58 Å². The minimum absolute atomic E-state index is 0.0102. The minimum Gasteiger partial charge on any atom is -0.376 e. The molecule has 9 nitrogen and oxygen atoms in total. The standard InChI is InChI=1S/C29H34N6O3/c1-20(2)21-12-14-22(15-13-21)35(27(36)19-34-25-10-5-4-9-24(25)31-32-34)28(26-11-6-16-33(26)3)29(37)30-18-23-8-7-17-38-23/h4-6,9-16,20,23,28H,7-8,17-19H2,1-3H3,(H,30,37)/t23-,28+/m0/s1. The summed E-state index contributed by atoms with van der Waals surface area (Å²) in [5.74, 6) is -0.184. The average Bonchev–Trinajstić information content (AvgIpc) is 3.68. The molecule has 5 rings (SSSR count). The van der Waals surface area contributed by atoms with Crippen LogP contribution in [0.3, 0.4) is 0 Å². The molecule has 0 radical (unpaired) electrons. The van der Waals surface area contributed by atoms with Crippen molar-refractivity contribution < 1.29 is 14.3 Å². The fraction of sp³-hybridized carbons (Fsp3) is 0.379. The van der Waals surface area contributed by atoms with Crippen molar-refractivity contribution in [1.29, 1.82) is 0 Å². The summed E-state index contributed by atoms with van der Waals surface area (Å²) in [6.45, 7) is 5.30. The third-order valence-electron chi connectivity index (χ3n) is 7.11. The second kappa shape index (κ2) is 11.2. The fourth-order valence-corrected chi connectivity index (χ4v) is 4.95. The summed E-state index contributed by atoms with van der Waals surface area (Å²) < 4.78 is 9.18. The van der Waals surface area contributed by atoms with Crippen LogP contribution in [-0.4, -0.2) is 50.6 Å². The van der Waals surface area contributed by atoms with E-state index in [4.69, 9.17) is 4.74 Å². The van der Waals surface area contributed by atoms with E-state index in [0.717, 1.165) is 23.9 Å². The highest BCUT2D eigenvalue weighted by atomic mass is 16.5. The van der Waals surface area contributed by atoms with E-state index < -0.39 is 6.04 Å². The Bertz CT molecular complexity index is 1400. The highest BCUT2D eigenvalue weighted by molar-refractivity contribution is 6.01. The van der Waals surface area contributed by atoms with Crippen molar-refractivity contribution in [2.75, 3.05) is 18.1 Å². The van der Waals surface area contributed by atoms with Crippen LogP contribution in [0.15, 0.2) is 66.9 Å². The summed E-state index contributed by atoms with van der Waals surface area (Å²) >= 11 is 0. The first-order valence-electron chi connectivity index (χ1n) is 13.1. The van der Waals surface area contributed by atoms with Crippen LogP contribution in [0, 0.1) is 0 Å². The highest BCUT2D eigenvalue weighted by Gasteiger charge is 2.35. The van der Waals surface area contributed by atoms with Crippen molar-refractivity contribution in [3.63, 3.8) is 0 Å². The van der Waals surface area contributed by atoms with E-state index in [2.05, 4.69) is 29.5 Å². The lowest BCUT2D eigenvalue weighted by Gasteiger charge is -2.32. The second-order valence-corrected chi connectivity index (χ2v) is 10.1. The molecule has 1 saturated heterocycles. The lowest BCUT2D eigenvalue weighted by atomic mass is 10.0. The molecular weight excluding hydrogens is 480 g/mol. The quantitative estimate of drug-likeness (QED) is 0.365. The molecule has 198 valence electrons. The summed E-state index contributed by atoms with van der Waals surface area (Å²) in [5, 5.41) is 11.5. The van der Waals surface area contributed by atoms with Crippen LogP contribution >= 0.6 is 0 Å². The molecule has 0 aliphatic carbocycles. The van der Waals surface area contributed by atoms with Gasteiger partial charge in [-0.15, -0.1) is 5.10 Å². The molecule has 0 saturated carbocycles. The third-order valence-corrected chi connectivity index (χ3v) is 7.11. The van der Waals surface area contributed by atoms with Crippen LogP contribution < -0.4 is 10.2 Å². The molecule has 2 aromatic heterocycles. The molecule has 9 heteroatoms. The van der Waals surface area contributed by atoms with Crippen molar-refractivity contribution in [2.24, 2.45) is 7.05 Å². The monoisotopic (exact) mass is 514 g/mol. The molecular formula is C29H34N6O3. The van der Waals surface area contributed by atoms with E-state index in [0.29, 0.717) is 36.0 Å². The molecule has 1 aliphatic heterocycles. The molecule has 38 heavy (non-hydrogen) atoms. The summed E-state index contributed by atoms with van der Waals surface area (Å²) in [5.41, 5.74) is 3.97. The Morgan fingerprint density at radius 2 is 1.89 bits per heavy atom. The number of aryl methyl sites for hydroxylation is 1. The first kappa shape index (κ1) is 25.7. The molecule has 0 spiro atoms. The van der Waals surface area contributed by atoms with E-state index in [1.807, 2.05) is 78.5 Å². The van der Waals surface area contributed by atoms with Gasteiger partial charge in [0.25, 0.3) is 0 Å². The average molecular weight is 515 g/mol. The Labute approximate surface area is 222 Å². The zero-order valence-electron chi connectivity index (χ0n) is 22.1.